The van der Waals surface area contributed by atoms with Gasteiger partial charge in [0.2, 0.25) is 0 Å². The lowest BCUT2D eigenvalue weighted by atomic mass is 9.98. The van der Waals surface area contributed by atoms with Crippen molar-refractivity contribution in [2.45, 2.75) is 19.4 Å². The van der Waals surface area contributed by atoms with Crippen molar-refractivity contribution >= 4 is 17.2 Å². The molecule has 3 heteroatoms. The molecule has 2 heterocycles. The molecule has 0 saturated heterocycles. The molecule has 0 atom stereocenters. The SMILES string of the molecule is CN1C(=O)c2cscc2C1(C)C. The first-order valence-corrected chi connectivity index (χ1v) is 4.84. The van der Waals surface area contributed by atoms with Crippen LogP contribution in [0.2, 0.25) is 0 Å². The Morgan fingerprint density at radius 2 is 2.08 bits per heavy atom. The Balaban J connectivity index is 2.64. The third-order valence-corrected chi connectivity index (χ3v) is 3.44. The molecule has 2 rings (SSSR count). The van der Waals surface area contributed by atoms with Gasteiger partial charge in [-0.05, 0) is 19.2 Å². The van der Waals surface area contributed by atoms with Crippen molar-refractivity contribution in [1.82, 2.24) is 4.90 Å². The van der Waals surface area contributed by atoms with E-state index in [0.29, 0.717) is 0 Å². The summed E-state index contributed by atoms with van der Waals surface area (Å²) in [6.45, 7) is 4.15. The zero-order valence-electron chi connectivity index (χ0n) is 7.42. The average Bonchev–Trinajstić information content (AvgIpc) is 2.54. The fraction of sp³-hybridized carbons (Fsp3) is 0.444. The maximum atomic E-state index is 11.6. The van der Waals surface area contributed by atoms with Gasteiger partial charge in [-0.2, -0.15) is 11.3 Å². The van der Waals surface area contributed by atoms with Crippen molar-refractivity contribution in [3.8, 4) is 0 Å². The molecule has 64 valence electrons. The molecular formula is C9H11NOS. The monoisotopic (exact) mass is 181 g/mol. The summed E-state index contributed by atoms with van der Waals surface area (Å²) in [4.78, 5) is 13.4. The fourth-order valence-corrected chi connectivity index (χ4v) is 2.54. The molecule has 1 aliphatic heterocycles. The third kappa shape index (κ3) is 0.719. The van der Waals surface area contributed by atoms with E-state index in [9.17, 15) is 4.79 Å². The highest BCUT2D eigenvalue weighted by Gasteiger charge is 2.40. The van der Waals surface area contributed by atoms with E-state index in [0.717, 1.165) is 5.56 Å². The van der Waals surface area contributed by atoms with Gasteiger partial charge in [0.25, 0.3) is 5.91 Å². The summed E-state index contributed by atoms with van der Waals surface area (Å²) >= 11 is 1.60. The van der Waals surface area contributed by atoms with Crippen molar-refractivity contribution in [3.63, 3.8) is 0 Å². The number of amides is 1. The topological polar surface area (TPSA) is 20.3 Å². The summed E-state index contributed by atoms with van der Waals surface area (Å²) in [5, 5.41) is 4.00. The van der Waals surface area contributed by atoms with Gasteiger partial charge in [0.05, 0.1) is 11.1 Å². The first-order valence-electron chi connectivity index (χ1n) is 3.90. The van der Waals surface area contributed by atoms with Crippen molar-refractivity contribution in [3.05, 3.63) is 21.9 Å². The van der Waals surface area contributed by atoms with Crippen LogP contribution in [0.4, 0.5) is 0 Å². The molecule has 0 fully saturated rings. The highest BCUT2D eigenvalue weighted by Crippen LogP contribution is 2.39. The summed E-state index contributed by atoms with van der Waals surface area (Å²) in [6, 6.07) is 0. The summed E-state index contributed by atoms with van der Waals surface area (Å²) in [6.07, 6.45) is 0. The van der Waals surface area contributed by atoms with Crippen LogP contribution in [-0.4, -0.2) is 17.9 Å². The average molecular weight is 181 g/mol. The van der Waals surface area contributed by atoms with Crippen LogP contribution in [0.15, 0.2) is 10.8 Å². The van der Waals surface area contributed by atoms with Gasteiger partial charge in [0, 0.05) is 18.0 Å². The van der Waals surface area contributed by atoms with Gasteiger partial charge in [0.15, 0.2) is 0 Å². The van der Waals surface area contributed by atoms with Crippen LogP contribution < -0.4 is 0 Å². The van der Waals surface area contributed by atoms with Crippen molar-refractivity contribution in [1.29, 1.82) is 0 Å². The van der Waals surface area contributed by atoms with Crippen molar-refractivity contribution in [2.75, 3.05) is 7.05 Å². The van der Waals surface area contributed by atoms with Crippen LogP contribution in [0, 0.1) is 0 Å². The Bertz CT molecular complexity index is 340. The Labute approximate surface area is 75.8 Å². The highest BCUT2D eigenvalue weighted by atomic mass is 32.1. The second-order valence-electron chi connectivity index (χ2n) is 3.62. The maximum absolute atomic E-state index is 11.6. The maximum Gasteiger partial charge on any atom is 0.255 e. The van der Waals surface area contributed by atoms with E-state index in [1.807, 2.05) is 12.4 Å². The zero-order chi connectivity index (χ0) is 8.93. The normalized spacial score (nSPS) is 19.9. The van der Waals surface area contributed by atoms with Gasteiger partial charge in [-0.15, -0.1) is 0 Å². The molecule has 0 bridgehead atoms. The highest BCUT2D eigenvalue weighted by molar-refractivity contribution is 7.08. The van der Waals surface area contributed by atoms with Crippen LogP contribution in [0.1, 0.15) is 29.8 Å². The van der Waals surface area contributed by atoms with E-state index < -0.39 is 0 Å². The molecule has 1 aromatic heterocycles. The van der Waals surface area contributed by atoms with Crippen LogP contribution in [0.3, 0.4) is 0 Å². The lowest BCUT2D eigenvalue weighted by molar-refractivity contribution is 0.0691. The summed E-state index contributed by atoms with van der Waals surface area (Å²) in [5.41, 5.74) is 1.93. The molecule has 2 nitrogen and oxygen atoms in total. The third-order valence-electron chi connectivity index (χ3n) is 2.69. The second-order valence-corrected chi connectivity index (χ2v) is 4.37. The van der Waals surface area contributed by atoms with E-state index in [1.165, 1.54) is 5.56 Å². The minimum absolute atomic E-state index is 0.119. The molecule has 1 amide bonds. The molecule has 0 radical (unpaired) electrons. The molecule has 12 heavy (non-hydrogen) atoms. The number of rotatable bonds is 0. The van der Waals surface area contributed by atoms with E-state index >= 15 is 0 Å². The van der Waals surface area contributed by atoms with Crippen LogP contribution in [0.25, 0.3) is 0 Å². The molecular weight excluding hydrogens is 170 g/mol. The fourth-order valence-electron chi connectivity index (χ4n) is 1.55. The Kier molecular flexibility index (Phi) is 1.37. The molecule has 0 spiro atoms. The summed E-state index contributed by atoms with van der Waals surface area (Å²) in [5.74, 6) is 0.149. The number of carbonyl (C=O) groups excluding carboxylic acids is 1. The van der Waals surface area contributed by atoms with E-state index in [-0.39, 0.29) is 11.4 Å². The first kappa shape index (κ1) is 7.80. The molecule has 0 N–H and O–H groups in total. The zero-order valence-corrected chi connectivity index (χ0v) is 8.23. The smallest absolute Gasteiger partial charge is 0.255 e. The number of hydrogen-bond donors (Lipinski definition) is 0. The molecule has 0 saturated carbocycles. The largest absolute Gasteiger partial charge is 0.332 e. The first-order chi connectivity index (χ1) is 5.55. The minimum Gasteiger partial charge on any atom is -0.332 e. The number of nitrogens with zero attached hydrogens (tertiary/aromatic N) is 1. The van der Waals surface area contributed by atoms with E-state index in [1.54, 1.807) is 16.2 Å². The predicted octanol–water partition coefficient (Wildman–Crippen LogP) is 2.07. The van der Waals surface area contributed by atoms with Gasteiger partial charge < -0.3 is 4.90 Å². The van der Waals surface area contributed by atoms with Crippen LogP contribution >= 0.6 is 11.3 Å². The second kappa shape index (κ2) is 2.10. The molecule has 0 unspecified atom stereocenters. The standard InChI is InChI=1S/C9H11NOS/c1-9(2)7-5-12-4-6(7)8(11)10(9)3/h4-5H,1-3H3. The summed E-state index contributed by atoms with van der Waals surface area (Å²) < 4.78 is 0. The predicted molar refractivity (Wildman–Crippen MR) is 49.4 cm³/mol. The number of hydrogen-bond acceptors (Lipinski definition) is 2. The Morgan fingerprint density at radius 3 is 2.67 bits per heavy atom. The molecule has 1 aliphatic rings. The lowest BCUT2D eigenvalue weighted by Gasteiger charge is -2.28. The molecule has 1 aromatic rings. The number of fused-ring (bicyclic) bond motifs is 1. The quantitative estimate of drug-likeness (QED) is 0.600. The van der Waals surface area contributed by atoms with Gasteiger partial charge in [0.1, 0.15) is 0 Å². The number of carbonyl (C=O) groups is 1. The lowest BCUT2D eigenvalue weighted by Crippen LogP contribution is -2.35. The van der Waals surface area contributed by atoms with Gasteiger partial charge in [-0.1, -0.05) is 0 Å². The minimum atomic E-state index is -0.119. The van der Waals surface area contributed by atoms with Gasteiger partial charge in [-0.3, -0.25) is 4.79 Å². The van der Waals surface area contributed by atoms with Crippen molar-refractivity contribution < 1.29 is 4.79 Å². The Hall–Kier alpha value is -0.830. The Morgan fingerprint density at radius 1 is 1.42 bits per heavy atom. The summed E-state index contributed by atoms with van der Waals surface area (Å²) in [7, 11) is 1.85. The molecule has 0 aromatic carbocycles. The van der Waals surface area contributed by atoms with Gasteiger partial charge in [-0.25, -0.2) is 0 Å². The van der Waals surface area contributed by atoms with E-state index in [2.05, 4.69) is 19.2 Å². The van der Waals surface area contributed by atoms with Gasteiger partial charge >= 0.3 is 0 Å². The number of thiophene rings is 1. The van der Waals surface area contributed by atoms with E-state index in [4.69, 9.17) is 0 Å². The van der Waals surface area contributed by atoms with Crippen LogP contribution in [0.5, 0.6) is 0 Å². The van der Waals surface area contributed by atoms with Crippen LogP contribution in [-0.2, 0) is 5.54 Å². The molecule has 0 aliphatic carbocycles. The van der Waals surface area contributed by atoms with Crippen molar-refractivity contribution in [2.24, 2.45) is 0 Å².